The number of nitrogens with one attached hydrogen (secondary N) is 1. The minimum absolute atomic E-state index is 0. The van der Waals surface area contributed by atoms with Crippen molar-refractivity contribution in [2.75, 3.05) is 19.6 Å². The predicted molar refractivity (Wildman–Crippen MR) is 83.3 cm³/mol. The van der Waals surface area contributed by atoms with Gasteiger partial charge in [0.25, 0.3) is 0 Å². The van der Waals surface area contributed by atoms with Crippen LogP contribution in [0.25, 0.3) is 0 Å². The zero-order valence-corrected chi connectivity index (χ0v) is 13.3. The van der Waals surface area contributed by atoms with Crippen LogP contribution in [-0.2, 0) is 13.0 Å². The Kier molecular flexibility index (Phi) is 5.88. The number of rotatable bonds is 4. The van der Waals surface area contributed by atoms with Gasteiger partial charge in [-0.1, -0.05) is 24.2 Å². The van der Waals surface area contributed by atoms with Gasteiger partial charge in [-0.2, -0.15) is 4.98 Å². The van der Waals surface area contributed by atoms with Crippen LogP contribution in [-0.4, -0.2) is 34.7 Å². The molecule has 120 valence electrons. The molecule has 1 aliphatic rings. The molecule has 1 aliphatic heterocycles. The monoisotopic (exact) mass is 326 g/mol. The maximum Gasteiger partial charge on any atom is 0.226 e. The lowest BCUT2D eigenvalue weighted by Gasteiger charge is -2.35. The molecule has 1 unspecified atom stereocenters. The molecule has 5 nitrogen and oxygen atoms in total. The van der Waals surface area contributed by atoms with E-state index in [1.165, 1.54) is 6.07 Å². The molecule has 22 heavy (non-hydrogen) atoms. The summed E-state index contributed by atoms with van der Waals surface area (Å²) in [5.41, 5.74) is 0.974. The maximum absolute atomic E-state index is 13.4. The lowest BCUT2D eigenvalue weighted by molar-refractivity contribution is 0.148. The summed E-state index contributed by atoms with van der Waals surface area (Å²) in [6.07, 6.45) is 0.738. The van der Waals surface area contributed by atoms with Crippen molar-refractivity contribution in [1.82, 2.24) is 20.4 Å². The lowest BCUT2D eigenvalue weighted by atomic mass is 10.0. The van der Waals surface area contributed by atoms with Gasteiger partial charge in [-0.3, -0.25) is 4.90 Å². The van der Waals surface area contributed by atoms with Gasteiger partial charge >= 0.3 is 0 Å². The summed E-state index contributed by atoms with van der Waals surface area (Å²) < 4.78 is 18.6. The van der Waals surface area contributed by atoms with E-state index in [0.717, 1.165) is 31.6 Å². The number of nitrogens with zero attached hydrogens (tertiary/aromatic N) is 3. The Balaban J connectivity index is 0.00000176. The molecule has 2 aromatic rings. The predicted octanol–water partition coefficient (Wildman–Crippen LogP) is 2.34. The molecule has 3 rings (SSSR count). The van der Waals surface area contributed by atoms with Gasteiger partial charge in [0, 0.05) is 32.1 Å². The minimum Gasteiger partial charge on any atom is -0.339 e. The van der Waals surface area contributed by atoms with Crippen LogP contribution in [0.3, 0.4) is 0 Å². The number of piperazine rings is 1. The fourth-order valence-electron chi connectivity index (χ4n) is 2.66. The fourth-order valence-corrected chi connectivity index (χ4v) is 2.66. The summed E-state index contributed by atoms with van der Waals surface area (Å²) in [7, 11) is 0. The molecular weight excluding hydrogens is 307 g/mol. The van der Waals surface area contributed by atoms with E-state index in [-0.39, 0.29) is 24.3 Å². The number of benzene rings is 1. The van der Waals surface area contributed by atoms with E-state index in [0.29, 0.717) is 18.3 Å². The molecule has 0 radical (unpaired) electrons. The third kappa shape index (κ3) is 3.82. The van der Waals surface area contributed by atoms with E-state index in [1.807, 2.05) is 13.0 Å². The van der Waals surface area contributed by atoms with Crippen LogP contribution in [0.2, 0.25) is 0 Å². The SMILES string of the molecule is CCc1nc(CN2CCNCC2c2cccc(F)c2)no1.Cl. The molecular formula is C15H20ClFN4O. The third-order valence-corrected chi connectivity index (χ3v) is 3.74. The Morgan fingerprint density at radius 2 is 2.32 bits per heavy atom. The number of aromatic nitrogens is 2. The van der Waals surface area contributed by atoms with Gasteiger partial charge in [0.1, 0.15) is 5.82 Å². The topological polar surface area (TPSA) is 54.2 Å². The van der Waals surface area contributed by atoms with Gasteiger partial charge < -0.3 is 9.84 Å². The van der Waals surface area contributed by atoms with E-state index in [9.17, 15) is 4.39 Å². The van der Waals surface area contributed by atoms with Gasteiger partial charge in [0.2, 0.25) is 5.89 Å². The van der Waals surface area contributed by atoms with E-state index < -0.39 is 0 Å². The molecule has 0 bridgehead atoms. The fraction of sp³-hybridized carbons (Fsp3) is 0.467. The smallest absolute Gasteiger partial charge is 0.226 e. The van der Waals surface area contributed by atoms with Crippen molar-refractivity contribution in [2.24, 2.45) is 0 Å². The van der Waals surface area contributed by atoms with E-state index >= 15 is 0 Å². The lowest BCUT2D eigenvalue weighted by Crippen LogP contribution is -2.45. The zero-order chi connectivity index (χ0) is 14.7. The van der Waals surface area contributed by atoms with Gasteiger partial charge in [0.05, 0.1) is 6.54 Å². The number of hydrogen-bond donors (Lipinski definition) is 1. The summed E-state index contributed by atoms with van der Waals surface area (Å²) in [5, 5.41) is 7.36. The van der Waals surface area contributed by atoms with Gasteiger partial charge in [-0.25, -0.2) is 4.39 Å². The highest BCUT2D eigenvalue weighted by molar-refractivity contribution is 5.85. The van der Waals surface area contributed by atoms with Crippen molar-refractivity contribution in [3.8, 4) is 0 Å². The average Bonchev–Trinajstić information content (AvgIpc) is 2.95. The van der Waals surface area contributed by atoms with Crippen molar-refractivity contribution in [1.29, 1.82) is 0 Å². The molecule has 0 amide bonds. The summed E-state index contributed by atoms with van der Waals surface area (Å²) in [6.45, 7) is 5.17. The van der Waals surface area contributed by atoms with Crippen LogP contribution in [0.15, 0.2) is 28.8 Å². The standard InChI is InChI=1S/C15H19FN4O.ClH/c1-2-15-18-14(19-21-15)10-20-7-6-17-9-13(20)11-4-3-5-12(16)8-11;/h3-5,8,13,17H,2,6-7,9-10H2,1H3;1H. The summed E-state index contributed by atoms with van der Waals surface area (Å²) >= 11 is 0. The van der Waals surface area contributed by atoms with E-state index in [2.05, 4.69) is 20.4 Å². The normalized spacial score (nSPS) is 18.9. The Morgan fingerprint density at radius 1 is 1.45 bits per heavy atom. The Bertz CT molecular complexity index is 607. The molecule has 1 saturated heterocycles. The van der Waals surface area contributed by atoms with Crippen LogP contribution < -0.4 is 5.32 Å². The van der Waals surface area contributed by atoms with Crippen LogP contribution in [0, 0.1) is 5.82 Å². The van der Waals surface area contributed by atoms with Gasteiger partial charge in [-0.05, 0) is 17.7 Å². The highest BCUT2D eigenvalue weighted by atomic mass is 35.5. The molecule has 0 spiro atoms. The second-order valence-electron chi connectivity index (χ2n) is 5.20. The Labute approximate surface area is 135 Å². The first-order chi connectivity index (χ1) is 10.3. The first-order valence-electron chi connectivity index (χ1n) is 7.28. The number of aryl methyl sites for hydroxylation is 1. The van der Waals surface area contributed by atoms with E-state index in [4.69, 9.17) is 4.52 Å². The second-order valence-corrected chi connectivity index (χ2v) is 5.20. The summed E-state index contributed by atoms with van der Waals surface area (Å²) in [6, 6.07) is 6.90. The third-order valence-electron chi connectivity index (χ3n) is 3.74. The largest absolute Gasteiger partial charge is 0.339 e. The Hall–Kier alpha value is -1.50. The van der Waals surface area contributed by atoms with Crippen molar-refractivity contribution in [3.63, 3.8) is 0 Å². The molecule has 1 aromatic carbocycles. The maximum atomic E-state index is 13.4. The number of hydrogen-bond acceptors (Lipinski definition) is 5. The van der Waals surface area contributed by atoms with Crippen LogP contribution in [0.1, 0.15) is 30.2 Å². The number of halogens is 2. The summed E-state index contributed by atoms with van der Waals surface area (Å²) in [5.74, 6) is 1.14. The minimum atomic E-state index is -0.203. The van der Waals surface area contributed by atoms with E-state index in [1.54, 1.807) is 12.1 Å². The first kappa shape index (κ1) is 16.9. The quantitative estimate of drug-likeness (QED) is 0.934. The Morgan fingerprint density at radius 3 is 3.05 bits per heavy atom. The highest BCUT2D eigenvalue weighted by Gasteiger charge is 2.25. The molecule has 2 heterocycles. The molecule has 0 saturated carbocycles. The molecule has 7 heteroatoms. The molecule has 1 aromatic heterocycles. The van der Waals surface area contributed by atoms with Crippen molar-refractivity contribution in [3.05, 3.63) is 47.4 Å². The van der Waals surface area contributed by atoms with Gasteiger partial charge in [0.15, 0.2) is 5.82 Å². The van der Waals surface area contributed by atoms with Gasteiger partial charge in [-0.15, -0.1) is 12.4 Å². The molecule has 1 fully saturated rings. The van der Waals surface area contributed by atoms with Crippen LogP contribution in [0.5, 0.6) is 0 Å². The second kappa shape index (κ2) is 7.67. The molecule has 1 N–H and O–H groups in total. The molecule has 1 atom stereocenters. The van der Waals surface area contributed by atoms with Crippen LogP contribution in [0.4, 0.5) is 4.39 Å². The zero-order valence-electron chi connectivity index (χ0n) is 12.5. The van der Waals surface area contributed by atoms with Crippen molar-refractivity contribution < 1.29 is 8.91 Å². The first-order valence-corrected chi connectivity index (χ1v) is 7.28. The average molecular weight is 327 g/mol. The summed E-state index contributed by atoms with van der Waals surface area (Å²) in [4.78, 5) is 6.61. The van der Waals surface area contributed by atoms with Crippen molar-refractivity contribution in [2.45, 2.75) is 25.9 Å². The van der Waals surface area contributed by atoms with Crippen molar-refractivity contribution >= 4 is 12.4 Å². The molecule has 0 aliphatic carbocycles. The van der Waals surface area contributed by atoms with Crippen LogP contribution >= 0.6 is 12.4 Å². The highest BCUT2D eigenvalue weighted by Crippen LogP contribution is 2.24.